The third-order valence-corrected chi connectivity index (χ3v) is 4.98. The van der Waals surface area contributed by atoms with Gasteiger partial charge in [-0.25, -0.2) is 0 Å². The first-order valence-corrected chi connectivity index (χ1v) is 8.30. The lowest BCUT2D eigenvalue weighted by molar-refractivity contribution is 0.212. The van der Waals surface area contributed by atoms with Gasteiger partial charge in [-0.1, -0.05) is 44.2 Å². The number of rotatable bonds is 6. The van der Waals surface area contributed by atoms with Gasteiger partial charge < -0.3 is 5.32 Å². The van der Waals surface area contributed by atoms with Gasteiger partial charge in [0.2, 0.25) is 0 Å². The molecule has 0 saturated carbocycles. The molecule has 2 heteroatoms. The molecular formula is C17H25NS. The van der Waals surface area contributed by atoms with E-state index in [9.17, 15) is 0 Å². The van der Waals surface area contributed by atoms with Crippen molar-refractivity contribution >= 4 is 11.8 Å². The molecule has 0 spiro atoms. The summed E-state index contributed by atoms with van der Waals surface area (Å²) in [5, 5.41) is 3.77. The Morgan fingerprint density at radius 1 is 1.42 bits per heavy atom. The SMILES string of the molecule is C=CCSCCNC1c2ccccc2CCC1(C)C. The van der Waals surface area contributed by atoms with Crippen molar-refractivity contribution in [3.8, 4) is 0 Å². The normalized spacial score (nSPS) is 20.8. The topological polar surface area (TPSA) is 12.0 Å². The van der Waals surface area contributed by atoms with Crippen LogP contribution < -0.4 is 5.32 Å². The maximum Gasteiger partial charge on any atom is 0.0374 e. The summed E-state index contributed by atoms with van der Waals surface area (Å²) in [5.41, 5.74) is 3.38. The van der Waals surface area contributed by atoms with Gasteiger partial charge >= 0.3 is 0 Å². The first-order valence-electron chi connectivity index (χ1n) is 7.15. The molecule has 0 amide bonds. The van der Waals surface area contributed by atoms with Crippen molar-refractivity contribution in [2.24, 2.45) is 5.41 Å². The van der Waals surface area contributed by atoms with Crippen molar-refractivity contribution in [3.63, 3.8) is 0 Å². The van der Waals surface area contributed by atoms with E-state index in [1.54, 1.807) is 0 Å². The lowest BCUT2D eigenvalue weighted by atomic mass is 9.70. The second-order valence-electron chi connectivity index (χ2n) is 5.94. The van der Waals surface area contributed by atoms with E-state index >= 15 is 0 Å². The van der Waals surface area contributed by atoms with Crippen LogP contribution in [0.5, 0.6) is 0 Å². The van der Waals surface area contributed by atoms with Crippen LogP contribution in [-0.2, 0) is 6.42 Å². The first-order chi connectivity index (χ1) is 9.15. The van der Waals surface area contributed by atoms with Gasteiger partial charge in [0.15, 0.2) is 0 Å². The van der Waals surface area contributed by atoms with Crippen molar-refractivity contribution in [1.82, 2.24) is 5.32 Å². The summed E-state index contributed by atoms with van der Waals surface area (Å²) in [6, 6.07) is 9.40. The van der Waals surface area contributed by atoms with E-state index in [1.165, 1.54) is 24.0 Å². The van der Waals surface area contributed by atoms with Crippen LogP contribution in [0.15, 0.2) is 36.9 Å². The maximum atomic E-state index is 3.77. The number of aryl methyl sites for hydroxylation is 1. The summed E-state index contributed by atoms with van der Waals surface area (Å²) in [7, 11) is 0. The van der Waals surface area contributed by atoms with E-state index in [-0.39, 0.29) is 0 Å². The van der Waals surface area contributed by atoms with Crippen LogP contribution in [0.1, 0.15) is 37.4 Å². The Bertz CT molecular complexity index is 425. The van der Waals surface area contributed by atoms with Crippen LogP contribution in [0, 0.1) is 5.41 Å². The van der Waals surface area contributed by atoms with Crippen molar-refractivity contribution in [2.75, 3.05) is 18.1 Å². The Balaban J connectivity index is 2.01. The van der Waals surface area contributed by atoms with E-state index in [4.69, 9.17) is 0 Å². The third-order valence-electron chi connectivity index (χ3n) is 4.02. The number of thioether (sulfide) groups is 1. The quantitative estimate of drug-likeness (QED) is 0.616. The predicted molar refractivity (Wildman–Crippen MR) is 86.8 cm³/mol. The third kappa shape index (κ3) is 3.64. The smallest absolute Gasteiger partial charge is 0.0374 e. The molecule has 2 rings (SSSR count). The summed E-state index contributed by atoms with van der Waals surface area (Å²) in [5.74, 6) is 2.20. The zero-order chi connectivity index (χ0) is 13.7. The molecule has 1 atom stereocenters. The first kappa shape index (κ1) is 14.7. The van der Waals surface area contributed by atoms with Crippen LogP contribution in [0.2, 0.25) is 0 Å². The van der Waals surface area contributed by atoms with Gasteiger partial charge in [0.05, 0.1) is 0 Å². The molecule has 1 aliphatic rings. The Labute approximate surface area is 121 Å². The Morgan fingerprint density at radius 2 is 2.21 bits per heavy atom. The maximum absolute atomic E-state index is 3.77. The Morgan fingerprint density at radius 3 is 3.00 bits per heavy atom. The van der Waals surface area contributed by atoms with Gasteiger partial charge in [0.25, 0.3) is 0 Å². The molecule has 1 aromatic rings. The molecule has 0 aliphatic heterocycles. The molecule has 104 valence electrons. The second kappa shape index (κ2) is 6.62. The minimum Gasteiger partial charge on any atom is -0.309 e. The lowest BCUT2D eigenvalue weighted by Crippen LogP contribution is -2.39. The fourth-order valence-corrected chi connectivity index (χ4v) is 3.49. The molecule has 1 nitrogen and oxygen atoms in total. The zero-order valence-electron chi connectivity index (χ0n) is 12.1. The highest BCUT2D eigenvalue weighted by Gasteiger charge is 2.34. The highest BCUT2D eigenvalue weighted by Crippen LogP contribution is 2.43. The van der Waals surface area contributed by atoms with Gasteiger partial charge in [-0.05, 0) is 29.4 Å². The van der Waals surface area contributed by atoms with Crippen LogP contribution in [0.4, 0.5) is 0 Å². The van der Waals surface area contributed by atoms with E-state index < -0.39 is 0 Å². The molecule has 1 N–H and O–H groups in total. The van der Waals surface area contributed by atoms with Crippen molar-refractivity contribution in [2.45, 2.75) is 32.7 Å². The number of benzene rings is 1. The van der Waals surface area contributed by atoms with Crippen molar-refractivity contribution < 1.29 is 0 Å². The summed E-state index contributed by atoms with van der Waals surface area (Å²) in [6.45, 7) is 9.60. The van der Waals surface area contributed by atoms with Crippen LogP contribution in [0.3, 0.4) is 0 Å². The standard InChI is InChI=1S/C17H25NS/c1-4-12-19-13-11-18-16-15-8-6-5-7-14(15)9-10-17(16,2)3/h4-8,16,18H,1,9-13H2,2-3H3. The van der Waals surface area contributed by atoms with E-state index in [2.05, 4.69) is 50.0 Å². The molecule has 0 fully saturated rings. The second-order valence-corrected chi connectivity index (χ2v) is 7.09. The average Bonchev–Trinajstić information content (AvgIpc) is 2.40. The molecule has 1 aliphatic carbocycles. The monoisotopic (exact) mass is 275 g/mol. The lowest BCUT2D eigenvalue weighted by Gasteiger charge is -2.40. The summed E-state index contributed by atoms with van der Waals surface area (Å²) in [4.78, 5) is 0. The number of hydrogen-bond acceptors (Lipinski definition) is 2. The number of hydrogen-bond donors (Lipinski definition) is 1. The fraction of sp³-hybridized carbons (Fsp3) is 0.529. The molecular weight excluding hydrogens is 250 g/mol. The van der Waals surface area contributed by atoms with E-state index in [1.807, 2.05) is 17.8 Å². The van der Waals surface area contributed by atoms with Crippen molar-refractivity contribution in [1.29, 1.82) is 0 Å². The van der Waals surface area contributed by atoms with Gasteiger partial charge in [0, 0.05) is 24.1 Å². The van der Waals surface area contributed by atoms with Crippen molar-refractivity contribution in [3.05, 3.63) is 48.0 Å². The molecule has 0 radical (unpaired) electrons. The summed E-state index contributed by atoms with van der Waals surface area (Å²) >= 11 is 1.94. The molecule has 0 heterocycles. The van der Waals surface area contributed by atoms with Gasteiger partial charge in [-0.15, -0.1) is 6.58 Å². The zero-order valence-corrected chi connectivity index (χ0v) is 12.9. The van der Waals surface area contributed by atoms with Gasteiger partial charge in [-0.2, -0.15) is 11.8 Å². The predicted octanol–water partition coefficient (Wildman–Crippen LogP) is 4.21. The molecule has 0 aromatic heterocycles. The van der Waals surface area contributed by atoms with Crippen LogP contribution >= 0.6 is 11.8 Å². The average molecular weight is 275 g/mol. The highest BCUT2D eigenvalue weighted by atomic mass is 32.2. The minimum absolute atomic E-state index is 0.345. The Kier molecular flexibility index (Phi) is 5.12. The van der Waals surface area contributed by atoms with E-state index in [0.29, 0.717) is 11.5 Å². The molecule has 0 saturated heterocycles. The number of fused-ring (bicyclic) bond motifs is 1. The van der Waals surface area contributed by atoms with Gasteiger partial charge in [0.1, 0.15) is 0 Å². The fourth-order valence-electron chi connectivity index (χ4n) is 2.89. The molecule has 0 bridgehead atoms. The van der Waals surface area contributed by atoms with Gasteiger partial charge in [-0.3, -0.25) is 0 Å². The summed E-state index contributed by atoms with van der Waals surface area (Å²) in [6.07, 6.45) is 4.46. The molecule has 19 heavy (non-hydrogen) atoms. The molecule has 1 unspecified atom stereocenters. The Hall–Kier alpha value is -0.730. The van der Waals surface area contributed by atoms with E-state index in [0.717, 1.165) is 18.1 Å². The number of nitrogens with one attached hydrogen (secondary N) is 1. The molecule has 1 aromatic carbocycles. The highest BCUT2D eigenvalue weighted by molar-refractivity contribution is 7.99. The minimum atomic E-state index is 0.345. The summed E-state index contributed by atoms with van der Waals surface area (Å²) < 4.78 is 0. The largest absolute Gasteiger partial charge is 0.309 e. The van der Waals surface area contributed by atoms with Crippen LogP contribution in [0.25, 0.3) is 0 Å². The van der Waals surface area contributed by atoms with Crippen LogP contribution in [-0.4, -0.2) is 18.1 Å².